The van der Waals surface area contributed by atoms with E-state index in [-0.39, 0.29) is 0 Å². The SMILES string of the molecule is ClP1(Cl)=NP(N2CCOCC2)(N2CCOCC2)=NP2(=N1)Oc1ccccc1CN2c1ccccc1. The third-order valence-corrected chi connectivity index (χ3v) is 18.0. The summed E-state index contributed by atoms with van der Waals surface area (Å²) in [6.07, 6.45) is 0. The Balaban J connectivity index is 1.62. The number of para-hydroxylation sites is 2. The highest BCUT2D eigenvalue weighted by molar-refractivity contribution is 8.13. The van der Waals surface area contributed by atoms with Crippen molar-refractivity contribution in [2.24, 2.45) is 13.5 Å². The smallest absolute Gasteiger partial charge is 0.360 e. The summed E-state index contributed by atoms with van der Waals surface area (Å²) >= 11 is 14.0. The van der Waals surface area contributed by atoms with E-state index < -0.39 is 21.0 Å². The van der Waals surface area contributed by atoms with Gasteiger partial charge in [0.15, 0.2) is 0 Å². The van der Waals surface area contributed by atoms with Crippen molar-refractivity contribution < 1.29 is 14.0 Å². The van der Waals surface area contributed by atoms with Gasteiger partial charge in [-0.1, -0.05) is 36.4 Å². The maximum Gasteiger partial charge on any atom is 0.360 e. The second kappa shape index (κ2) is 9.79. The molecule has 0 radical (unpaired) electrons. The number of morpholine rings is 2. The van der Waals surface area contributed by atoms with Gasteiger partial charge in [-0.25, -0.2) is 9.34 Å². The van der Waals surface area contributed by atoms with Gasteiger partial charge in [0.2, 0.25) is 7.51 Å². The molecule has 1 spiro atoms. The fourth-order valence-electron chi connectivity index (χ4n) is 4.68. The lowest BCUT2D eigenvalue weighted by molar-refractivity contribution is 0.0569. The van der Waals surface area contributed by atoms with Crippen LogP contribution in [0.5, 0.6) is 5.75 Å². The zero-order chi connectivity index (χ0) is 23.9. The van der Waals surface area contributed by atoms with Crippen LogP contribution >= 0.6 is 43.5 Å². The summed E-state index contributed by atoms with van der Waals surface area (Å²) in [5.74, 6) is -2.35. The topological polar surface area (TPSA) is 74.5 Å². The molecule has 0 aliphatic carbocycles. The molecule has 4 aliphatic rings. The van der Waals surface area contributed by atoms with E-state index in [4.69, 9.17) is 50.0 Å². The van der Waals surface area contributed by atoms with Crippen LogP contribution in [0, 0.1) is 0 Å². The highest BCUT2D eigenvalue weighted by Gasteiger charge is 2.49. The Labute approximate surface area is 215 Å². The number of hydrogen-bond acceptors (Lipinski definition) is 9. The van der Waals surface area contributed by atoms with Gasteiger partial charge in [-0.05, 0) is 40.7 Å². The number of benzene rings is 2. The molecule has 2 fully saturated rings. The third kappa shape index (κ3) is 4.65. The third-order valence-electron chi connectivity index (χ3n) is 6.30. The van der Waals surface area contributed by atoms with Gasteiger partial charge in [0.25, 0.3) is 5.91 Å². The first-order chi connectivity index (χ1) is 17.0. The number of ether oxygens (including phenoxy) is 2. The molecule has 0 amide bonds. The minimum Gasteiger partial charge on any atom is -0.426 e. The van der Waals surface area contributed by atoms with Crippen molar-refractivity contribution in [2.45, 2.75) is 6.54 Å². The van der Waals surface area contributed by atoms with Gasteiger partial charge in [-0.3, -0.25) is 4.67 Å². The first-order valence-electron chi connectivity index (χ1n) is 11.6. The van der Waals surface area contributed by atoms with Crippen molar-refractivity contribution >= 4 is 49.2 Å². The molecule has 6 rings (SSSR count). The number of halogens is 2. The Morgan fingerprint density at radius 2 is 1.31 bits per heavy atom. The number of anilines is 1. The van der Waals surface area contributed by atoms with E-state index in [1.807, 2.05) is 36.4 Å². The Hall–Kier alpha value is -0.850. The minimum absolute atomic E-state index is 0.598. The number of hydrogen-bond donors (Lipinski definition) is 0. The zero-order valence-corrected chi connectivity index (χ0v) is 23.3. The van der Waals surface area contributed by atoms with E-state index in [1.165, 1.54) is 0 Å². The molecule has 0 bridgehead atoms. The van der Waals surface area contributed by atoms with E-state index in [2.05, 4.69) is 32.2 Å². The highest BCUT2D eigenvalue weighted by Crippen LogP contribution is 2.85. The largest absolute Gasteiger partial charge is 0.426 e. The molecule has 1 unspecified atom stereocenters. The van der Waals surface area contributed by atoms with Crippen LogP contribution in [0.1, 0.15) is 5.56 Å². The van der Waals surface area contributed by atoms with Crippen molar-refractivity contribution in [3.63, 3.8) is 0 Å². The summed E-state index contributed by atoms with van der Waals surface area (Å²) in [6.45, 7) is 5.86. The van der Waals surface area contributed by atoms with Crippen molar-refractivity contribution in [3.05, 3.63) is 60.2 Å². The molecule has 0 aromatic heterocycles. The molecular formula is C21H27Cl2N6O3P3. The number of fused-ring (bicyclic) bond motifs is 1. The molecular weight excluding hydrogens is 548 g/mol. The lowest BCUT2D eigenvalue weighted by Crippen LogP contribution is -2.43. The summed E-state index contributed by atoms with van der Waals surface area (Å²) in [5, 5.41) is 0. The van der Waals surface area contributed by atoms with E-state index in [0.717, 1.165) is 17.0 Å². The van der Waals surface area contributed by atoms with E-state index in [1.54, 1.807) is 0 Å². The first-order valence-corrected chi connectivity index (χ1v) is 18.2. The van der Waals surface area contributed by atoms with Crippen LogP contribution in [-0.2, 0) is 16.0 Å². The predicted molar refractivity (Wildman–Crippen MR) is 144 cm³/mol. The number of nitrogens with zero attached hydrogens (tertiary/aromatic N) is 6. The van der Waals surface area contributed by atoms with Crippen LogP contribution in [-0.4, -0.2) is 61.9 Å². The molecule has 1 atom stereocenters. The standard InChI is InChI=1S/C21H27Cl2N6O3P3/c22-33(23)24-34(27-10-14-30-15-11-27,28-12-16-31-17-13-28)26-35(25-33)29(20-7-2-1-3-8-20)18-19-6-4-5-9-21(19)32-35/h1-9H,10-18H2. The zero-order valence-electron chi connectivity index (χ0n) is 19.1. The summed E-state index contributed by atoms with van der Waals surface area (Å²) in [7, 11) is -5.80. The van der Waals surface area contributed by atoms with Gasteiger partial charge < -0.3 is 14.0 Å². The number of rotatable bonds is 3. The molecule has 14 heteroatoms. The fourth-order valence-corrected chi connectivity index (χ4v) is 18.8. The lowest BCUT2D eigenvalue weighted by Gasteiger charge is -2.48. The average Bonchev–Trinajstić information content (AvgIpc) is 2.89. The second-order valence-corrected chi connectivity index (χ2v) is 18.8. The molecule has 4 aliphatic heterocycles. The van der Waals surface area contributed by atoms with Gasteiger partial charge in [-0.2, -0.15) is 13.5 Å². The van der Waals surface area contributed by atoms with Gasteiger partial charge in [0.1, 0.15) is 5.75 Å². The molecule has 2 aromatic carbocycles. The Kier molecular flexibility index (Phi) is 6.85. The molecule has 4 heterocycles. The highest BCUT2D eigenvalue weighted by atomic mass is 35.9. The normalized spacial score (nSPS) is 28.2. The first kappa shape index (κ1) is 24.5. The lowest BCUT2D eigenvalue weighted by atomic mass is 10.2. The van der Waals surface area contributed by atoms with Crippen LogP contribution in [0.3, 0.4) is 0 Å². The van der Waals surface area contributed by atoms with E-state index in [0.29, 0.717) is 59.2 Å². The second-order valence-electron chi connectivity index (χ2n) is 8.50. The summed E-state index contributed by atoms with van der Waals surface area (Å²) in [5.41, 5.74) is 2.05. The summed E-state index contributed by atoms with van der Waals surface area (Å²) in [4.78, 5) is 0. The van der Waals surface area contributed by atoms with Crippen molar-refractivity contribution in [3.8, 4) is 5.75 Å². The van der Waals surface area contributed by atoms with Gasteiger partial charge in [0, 0.05) is 37.4 Å². The molecule has 0 N–H and O–H groups in total. The summed E-state index contributed by atoms with van der Waals surface area (Å²) in [6, 6.07) is 18.2. The van der Waals surface area contributed by atoms with Gasteiger partial charge in [-0.15, -0.1) is 0 Å². The summed E-state index contributed by atoms with van der Waals surface area (Å²) < 4.78 is 40.7. The van der Waals surface area contributed by atoms with E-state index >= 15 is 0 Å². The molecule has 0 saturated carbocycles. The average molecular weight is 575 g/mol. The van der Waals surface area contributed by atoms with Crippen molar-refractivity contribution in [2.75, 3.05) is 57.3 Å². The predicted octanol–water partition coefficient (Wildman–Crippen LogP) is 7.08. The monoisotopic (exact) mass is 574 g/mol. The van der Waals surface area contributed by atoms with Crippen LogP contribution in [0.25, 0.3) is 0 Å². The molecule has 9 nitrogen and oxygen atoms in total. The van der Waals surface area contributed by atoms with E-state index in [9.17, 15) is 0 Å². The molecule has 2 aromatic rings. The molecule has 35 heavy (non-hydrogen) atoms. The van der Waals surface area contributed by atoms with Crippen LogP contribution in [0.4, 0.5) is 5.69 Å². The quantitative estimate of drug-likeness (QED) is 0.365. The van der Waals surface area contributed by atoms with Crippen molar-refractivity contribution in [1.82, 2.24) is 9.34 Å². The minimum atomic E-state index is -3.13. The maximum atomic E-state index is 7.01. The Morgan fingerprint density at radius 3 is 1.97 bits per heavy atom. The maximum absolute atomic E-state index is 7.01. The molecule has 188 valence electrons. The Bertz CT molecular complexity index is 1240. The fraction of sp³-hybridized carbons (Fsp3) is 0.429. The van der Waals surface area contributed by atoms with Crippen LogP contribution in [0.2, 0.25) is 0 Å². The van der Waals surface area contributed by atoms with Gasteiger partial charge >= 0.3 is 7.58 Å². The Morgan fingerprint density at radius 1 is 0.714 bits per heavy atom. The van der Waals surface area contributed by atoms with Crippen LogP contribution in [0.15, 0.2) is 68.1 Å². The van der Waals surface area contributed by atoms with Crippen molar-refractivity contribution in [1.29, 1.82) is 0 Å². The molecule has 2 saturated heterocycles. The van der Waals surface area contributed by atoms with Gasteiger partial charge in [0.05, 0.1) is 33.0 Å². The van der Waals surface area contributed by atoms with Crippen LogP contribution < -0.4 is 9.19 Å².